The van der Waals surface area contributed by atoms with E-state index in [-0.39, 0.29) is 27.7 Å². The molecule has 2 aromatic carbocycles. The largest absolute Gasteiger partial charge is 0.348 e. The van der Waals surface area contributed by atoms with Crippen molar-refractivity contribution in [2.24, 2.45) is 0 Å². The second-order valence-electron chi connectivity index (χ2n) is 7.16. The van der Waals surface area contributed by atoms with Crippen LogP contribution >= 0.6 is 11.6 Å². The Hall–Kier alpha value is -3.69. The fourth-order valence-electron chi connectivity index (χ4n) is 3.16. The number of hydrogen-bond acceptors (Lipinski definition) is 5. The molecular formula is C23H20ClN5O3S. The van der Waals surface area contributed by atoms with Gasteiger partial charge in [-0.2, -0.15) is 0 Å². The number of rotatable bonds is 7. The number of carbonyl (C=O) groups excluding carboxylic acids is 1. The molecule has 0 saturated carbocycles. The van der Waals surface area contributed by atoms with Crippen LogP contribution < -0.4 is 10.0 Å². The molecular weight excluding hydrogens is 462 g/mol. The molecule has 0 unspecified atom stereocenters. The Morgan fingerprint density at radius 3 is 2.61 bits per heavy atom. The molecule has 0 aliphatic carbocycles. The predicted octanol–water partition coefficient (Wildman–Crippen LogP) is 3.96. The second-order valence-corrected chi connectivity index (χ2v) is 9.25. The smallest absolute Gasteiger partial charge is 0.261 e. The Morgan fingerprint density at radius 2 is 1.85 bits per heavy atom. The van der Waals surface area contributed by atoms with E-state index in [9.17, 15) is 13.2 Å². The SMILES string of the molecule is Cc1nccn1-c1cc(CNC(=O)c2cccc(S(=O)(=O)Nc3ccccc3Cl)c2)ccn1. The van der Waals surface area contributed by atoms with Gasteiger partial charge in [0.25, 0.3) is 15.9 Å². The molecule has 0 fully saturated rings. The lowest BCUT2D eigenvalue weighted by Gasteiger charge is -2.11. The molecule has 0 saturated heterocycles. The van der Waals surface area contributed by atoms with E-state index >= 15 is 0 Å². The second kappa shape index (κ2) is 9.43. The molecule has 0 spiro atoms. The maximum Gasteiger partial charge on any atom is 0.261 e. The quantitative estimate of drug-likeness (QED) is 0.415. The minimum atomic E-state index is -3.93. The molecule has 168 valence electrons. The average molecular weight is 482 g/mol. The number of amides is 1. The summed E-state index contributed by atoms with van der Waals surface area (Å²) in [4.78, 5) is 21.2. The molecule has 4 aromatic rings. The minimum Gasteiger partial charge on any atom is -0.348 e. The van der Waals surface area contributed by atoms with Gasteiger partial charge < -0.3 is 5.32 Å². The Balaban J connectivity index is 1.47. The normalized spacial score (nSPS) is 11.2. The van der Waals surface area contributed by atoms with Crippen molar-refractivity contribution < 1.29 is 13.2 Å². The summed E-state index contributed by atoms with van der Waals surface area (Å²) < 4.78 is 29.8. The van der Waals surface area contributed by atoms with Crippen molar-refractivity contribution in [2.75, 3.05) is 4.72 Å². The molecule has 33 heavy (non-hydrogen) atoms. The summed E-state index contributed by atoms with van der Waals surface area (Å²) in [5, 5.41) is 3.09. The molecule has 8 nitrogen and oxygen atoms in total. The lowest BCUT2D eigenvalue weighted by Crippen LogP contribution is -2.23. The summed E-state index contributed by atoms with van der Waals surface area (Å²) in [5.41, 5.74) is 1.32. The summed E-state index contributed by atoms with van der Waals surface area (Å²) in [6.45, 7) is 2.12. The first kappa shape index (κ1) is 22.5. The maximum atomic E-state index is 12.8. The first-order chi connectivity index (χ1) is 15.8. The van der Waals surface area contributed by atoms with Crippen LogP contribution in [-0.2, 0) is 16.6 Å². The molecule has 1 amide bonds. The molecule has 10 heteroatoms. The number of benzene rings is 2. The number of aromatic nitrogens is 3. The summed E-state index contributed by atoms with van der Waals surface area (Å²) in [5.74, 6) is 1.09. The standard InChI is InChI=1S/C23H20ClN5O3S/c1-16-25-11-12-29(16)22-13-17(9-10-26-22)15-27-23(30)18-5-4-6-19(14-18)33(31,32)28-21-8-3-2-7-20(21)24/h2-14,28H,15H2,1H3,(H,27,30). The Morgan fingerprint density at radius 1 is 1.03 bits per heavy atom. The van der Waals surface area contributed by atoms with Gasteiger partial charge in [0.1, 0.15) is 11.6 Å². The van der Waals surface area contributed by atoms with Crippen LogP contribution in [-0.4, -0.2) is 28.9 Å². The highest BCUT2D eigenvalue weighted by molar-refractivity contribution is 7.92. The number of halogens is 1. The number of nitrogens with one attached hydrogen (secondary N) is 2. The number of aryl methyl sites for hydroxylation is 1. The van der Waals surface area contributed by atoms with Crippen LogP contribution in [0.2, 0.25) is 5.02 Å². The van der Waals surface area contributed by atoms with Crippen molar-refractivity contribution in [3.8, 4) is 5.82 Å². The van der Waals surface area contributed by atoms with E-state index in [1.807, 2.05) is 23.8 Å². The molecule has 0 aliphatic rings. The van der Waals surface area contributed by atoms with Gasteiger partial charge >= 0.3 is 0 Å². The third-order valence-corrected chi connectivity index (χ3v) is 6.55. The van der Waals surface area contributed by atoms with Crippen LogP contribution in [0.15, 0.2) is 84.1 Å². The van der Waals surface area contributed by atoms with Crippen molar-refractivity contribution in [1.82, 2.24) is 19.9 Å². The van der Waals surface area contributed by atoms with Crippen LogP contribution in [0.5, 0.6) is 0 Å². The number of sulfonamides is 1. The number of nitrogens with zero attached hydrogens (tertiary/aromatic N) is 3. The minimum absolute atomic E-state index is 0.0446. The van der Waals surface area contributed by atoms with Gasteiger partial charge in [-0.05, 0) is 55.0 Å². The van der Waals surface area contributed by atoms with Gasteiger partial charge in [-0.15, -0.1) is 0 Å². The highest BCUT2D eigenvalue weighted by Crippen LogP contribution is 2.24. The topological polar surface area (TPSA) is 106 Å². The number of imidazole rings is 1. The van der Waals surface area contributed by atoms with Gasteiger partial charge in [-0.1, -0.05) is 29.8 Å². The fraction of sp³-hybridized carbons (Fsp3) is 0.0870. The predicted molar refractivity (Wildman–Crippen MR) is 126 cm³/mol. The third-order valence-electron chi connectivity index (χ3n) is 4.86. The monoisotopic (exact) mass is 481 g/mol. The van der Waals surface area contributed by atoms with E-state index in [2.05, 4.69) is 20.0 Å². The molecule has 2 heterocycles. The van der Waals surface area contributed by atoms with Gasteiger partial charge in [-0.25, -0.2) is 18.4 Å². The third kappa shape index (κ3) is 5.21. The van der Waals surface area contributed by atoms with Gasteiger partial charge in [-0.3, -0.25) is 14.1 Å². The van der Waals surface area contributed by atoms with Crippen LogP contribution in [0.3, 0.4) is 0 Å². The van der Waals surface area contributed by atoms with Gasteiger partial charge in [0.05, 0.1) is 15.6 Å². The van der Waals surface area contributed by atoms with Crippen molar-refractivity contribution in [1.29, 1.82) is 0 Å². The van der Waals surface area contributed by atoms with Crippen LogP contribution in [0, 0.1) is 6.92 Å². The van der Waals surface area contributed by atoms with Crippen LogP contribution in [0.4, 0.5) is 5.69 Å². The fourth-order valence-corrected chi connectivity index (χ4v) is 4.52. The first-order valence-corrected chi connectivity index (χ1v) is 11.8. The van der Waals surface area contributed by atoms with E-state index in [1.54, 1.807) is 48.8 Å². The van der Waals surface area contributed by atoms with E-state index < -0.39 is 15.9 Å². The number of anilines is 1. The van der Waals surface area contributed by atoms with Crippen molar-refractivity contribution in [2.45, 2.75) is 18.4 Å². The van der Waals surface area contributed by atoms with Crippen LogP contribution in [0.1, 0.15) is 21.7 Å². The zero-order chi connectivity index (χ0) is 23.4. The molecule has 0 bridgehead atoms. The Bertz CT molecular complexity index is 1420. The average Bonchev–Trinajstić information content (AvgIpc) is 3.25. The molecule has 0 atom stereocenters. The highest BCUT2D eigenvalue weighted by atomic mass is 35.5. The number of hydrogen-bond donors (Lipinski definition) is 2. The maximum absolute atomic E-state index is 12.8. The van der Waals surface area contributed by atoms with E-state index in [4.69, 9.17) is 11.6 Å². The lowest BCUT2D eigenvalue weighted by atomic mass is 10.2. The number of carbonyl (C=O) groups is 1. The van der Waals surface area contributed by atoms with E-state index in [1.165, 1.54) is 18.2 Å². The molecule has 4 rings (SSSR count). The Labute approximate surface area is 196 Å². The summed E-state index contributed by atoms with van der Waals surface area (Å²) >= 11 is 6.05. The first-order valence-electron chi connectivity index (χ1n) is 9.94. The van der Waals surface area contributed by atoms with Crippen LogP contribution in [0.25, 0.3) is 5.82 Å². The van der Waals surface area contributed by atoms with Gasteiger partial charge in [0.15, 0.2) is 0 Å². The molecule has 0 aliphatic heterocycles. The summed E-state index contributed by atoms with van der Waals surface area (Å²) in [7, 11) is -3.93. The molecule has 2 aromatic heterocycles. The number of para-hydroxylation sites is 1. The molecule has 2 N–H and O–H groups in total. The zero-order valence-corrected chi connectivity index (χ0v) is 19.1. The number of pyridine rings is 1. The van der Waals surface area contributed by atoms with Crippen molar-refractivity contribution >= 4 is 33.2 Å². The summed E-state index contributed by atoms with van der Waals surface area (Å²) in [6.07, 6.45) is 5.15. The van der Waals surface area contributed by atoms with Gasteiger partial charge in [0, 0.05) is 30.7 Å². The summed E-state index contributed by atoms with van der Waals surface area (Å²) in [6, 6.07) is 16.0. The molecule has 0 radical (unpaired) electrons. The van der Waals surface area contributed by atoms with E-state index in [0.717, 1.165) is 11.4 Å². The highest BCUT2D eigenvalue weighted by Gasteiger charge is 2.17. The zero-order valence-electron chi connectivity index (χ0n) is 17.6. The van der Waals surface area contributed by atoms with Crippen molar-refractivity contribution in [3.05, 3.63) is 101 Å². The van der Waals surface area contributed by atoms with E-state index in [0.29, 0.717) is 5.82 Å². The van der Waals surface area contributed by atoms with Crippen molar-refractivity contribution in [3.63, 3.8) is 0 Å². The Kier molecular flexibility index (Phi) is 6.43. The van der Waals surface area contributed by atoms with Gasteiger partial charge in [0.2, 0.25) is 0 Å². The lowest BCUT2D eigenvalue weighted by molar-refractivity contribution is 0.0950.